The van der Waals surface area contributed by atoms with Crippen LogP contribution in [0.25, 0.3) is 0 Å². The number of nitrogens with one attached hydrogen (secondary N) is 1. The van der Waals surface area contributed by atoms with Crippen LogP contribution >= 0.6 is 0 Å². The summed E-state index contributed by atoms with van der Waals surface area (Å²) in [6, 6.07) is 0.747. The molecule has 3 heteroatoms. The SMILES string of the molecule is CCN(CCOC)C1CCNCC1C. The lowest BCUT2D eigenvalue weighted by molar-refractivity contribution is 0.0859. The third-order valence-corrected chi connectivity index (χ3v) is 3.20. The van der Waals surface area contributed by atoms with E-state index in [0.717, 1.165) is 38.2 Å². The van der Waals surface area contributed by atoms with Crippen molar-refractivity contribution in [2.75, 3.05) is 39.9 Å². The van der Waals surface area contributed by atoms with Gasteiger partial charge < -0.3 is 10.1 Å². The van der Waals surface area contributed by atoms with Crippen LogP contribution in [0.3, 0.4) is 0 Å². The van der Waals surface area contributed by atoms with Gasteiger partial charge in [0.1, 0.15) is 0 Å². The third-order valence-electron chi connectivity index (χ3n) is 3.20. The molecule has 84 valence electrons. The number of hydrogen-bond donors (Lipinski definition) is 1. The first kappa shape index (κ1) is 12.0. The Morgan fingerprint density at radius 1 is 1.50 bits per heavy atom. The van der Waals surface area contributed by atoms with Crippen LogP contribution in [0.2, 0.25) is 0 Å². The molecule has 0 aliphatic carbocycles. The molecule has 14 heavy (non-hydrogen) atoms. The van der Waals surface area contributed by atoms with E-state index in [-0.39, 0.29) is 0 Å². The minimum absolute atomic E-state index is 0.747. The molecule has 0 aromatic heterocycles. The van der Waals surface area contributed by atoms with Crippen molar-refractivity contribution in [3.8, 4) is 0 Å². The van der Waals surface area contributed by atoms with Gasteiger partial charge in [0.2, 0.25) is 0 Å². The molecule has 0 bridgehead atoms. The van der Waals surface area contributed by atoms with Crippen molar-refractivity contribution < 1.29 is 4.74 Å². The largest absolute Gasteiger partial charge is 0.383 e. The van der Waals surface area contributed by atoms with Crippen LogP contribution in [0.1, 0.15) is 20.3 Å². The van der Waals surface area contributed by atoms with Gasteiger partial charge in [0.05, 0.1) is 6.61 Å². The van der Waals surface area contributed by atoms with E-state index in [0.29, 0.717) is 0 Å². The second-order valence-corrected chi connectivity index (χ2v) is 4.16. The fourth-order valence-corrected chi connectivity index (χ4v) is 2.31. The Hall–Kier alpha value is -0.120. The molecule has 0 amide bonds. The zero-order valence-electron chi connectivity index (χ0n) is 9.75. The van der Waals surface area contributed by atoms with Crippen molar-refractivity contribution in [2.45, 2.75) is 26.3 Å². The van der Waals surface area contributed by atoms with Crippen LogP contribution in [0.5, 0.6) is 0 Å². The Morgan fingerprint density at radius 2 is 2.29 bits per heavy atom. The quantitative estimate of drug-likeness (QED) is 0.715. The smallest absolute Gasteiger partial charge is 0.0589 e. The average molecular weight is 200 g/mol. The van der Waals surface area contributed by atoms with E-state index in [4.69, 9.17) is 4.74 Å². The summed E-state index contributed by atoms with van der Waals surface area (Å²) in [6.45, 7) is 9.97. The van der Waals surface area contributed by atoms with Gasteiger partial charge in [-0.1, -0.05) is 13.8 Å². The van der Waals surface area contributed by atoms with Crippen molar-refractivity contribution in [3.05, 3.63) is 0 Å². The predicted molar refractivity (Wildman–Crippen MR) is 59.6 cm³/mol. The molecule has 0 radical (unpaired) electrons. The Kier molecular flexibility index (Phi) is 5.45. The highest BCUT2D eigenvalue weighted by Crippen LogP contribution is 2.17. The molecule has 1 saturated heterocycles. The van der Waals surface area contributed by atoms with E-state index in [9.17, 15) is 0 Å². The van der Waals surface area contributed by atoms with E-state index >= 15 is 0 Å². The van der Waals surface area contributed by atoms with Crippen molar-refractivity contribution in [1.82, 2.24) is 10.2 Å². The van der Waals surface area contributed by atoms with Crippen molar-refractivity contribution >= 4 is 0 Å². The number of rotatable bonds is 5. The molecule has 1 rings (SSSR count). The summed E-state index contributed by atoms with van der Waals surface area (Å²) in [6.07, 6.45) is 1.28. The topological polar surface area (TPSA) is 24.5 Å². The van der Waals surface area contributed by atoms with Crippen LogP contribution in [-0.2, 0) is 4.74 Å². The molecule has 1 fully saturated rings. The number of methoxy groups -OCH3 is 1. The van der Waals surface area contributed by atoms with Gasteiger partial charge in [-0.2, -0.15) is 0 Å². The summed E-state index contributed by atoms with van der Waals surface area (Å²) in [5, 5.41) is 3.44. The number of likely N-dealkylation sites (N-methyl/N-ethyl adjacent to an activating group) is 1. The molecule has 2 unspecified atom stereocenters. The van der Waals surface area contributed by atoms with Crippen LogP contribution in [0.4, 0.5) is 0 Å². The zero-order valence-corrected chi connectivity index (χ0v) is 9.75. The summed E-state index contributed by atoms with van der Waals surface area (Å²) < 4.78 is 5.14. The fraction of sp³-hybridized carbons (Fsp3) is 1.00. The summed E-state index contributed by atoms with van der Waals surface area (Å²) >= 11 is 0. The average Bonchev–Trinajstić information content (AvgIpc) is 2.21. The van der Waals surface area contributed by atoms with Crippen molar-refractivity contribution in [2.24, 2.45) is 5.92 Å². The Balaban J connectivity index is 2.40. The predicted octanol–water partition coefficient (Wildman–Crippen LogP) is 0.953. The molecule has 0 aromatic rings. The molecular weight excluding hydrogens is 176 g/mol. The highest BCUT2D eigenvalue weighted by atomic mass is 16.5. The minimum atomic E-state index is 0.747. The first-order valence-electron chi connectivity index (χ1n) is 5.73. The van der Waals surface area contributed by atoms with Crippen LogP contribution in [0.15, 0.2) is 0 Å². The Labute approximate surface area is 87.8 Å². The van der Waals surface area contributed by atoms with E-state index in [1.807, 2.05) is 0 Å². The lowest BCUT2D eigenvalue weighted by Crippen LogP contribution is -2.49. The fourth-order valence-electron chi connectivity index (χ4n) is 2.31. The summed E-state index contributed by atoms with van der Waals surface area (Å²) in [5.74, 6) is 0.764. The zero-order chi connectivity index (χ0) is 10.4. The molecule has 1 N–H and O–H groups in total. The van der Waals surface area contributed by atoms with Crippen molar-refractivity contribution in [1.29, 1.82) is 0 Å². The summed E-state index contributed by atoms with van der Waals surface area (Å²) in [7, 11) is 1.78. The normalized spacial score (nSPS) is 28.3. The van der Waals surface area contributed by atoms with E-state index in [2.05, 4.69) is 24.1 Å². The van der Waals surface area contributed by atoms with Crippen LogP contribution < -0.4 is 5.32 Å². The Bertz CT molecular complexity index is 152. The minimum Gasteiger partial charge on any atom is -0.383 e. The van der Waals surface area contributed by atoms with Crippen LogP contribution in [-0.4, -0.2) is 50.8 Å². The lowest BCUT2D eigenvalue weighted by Gasteiger charge is -2.38. The van der Waals surface area contributed by atoms with Gasteiger partial charge in [0.25, 0.3) is 0 Å². The summed E-state index contributed by atoms with van der Waals surface area (Å²) in [5.41, 5.74) is 0. The molecule has 2 atom stereocenters. The molecule has 0 saturated carbocycles. The summed E-state index contributed by atoms with van der Waals surface area (Å²) in [4.78, 5) is 2.55. The van der Waals surface area contributed by atoms with Crippen molar-refractivity contribution in [3.63, 3.8) is 0 Å². The first-order chi connectivity index (χ1) is 6.79. The molecule has 1 aliphatic rings. The van der Waals surface area contributed by atoms with Crippen LogP contribution in [0, 0.1) is 5.92 Å². The maximum atomic E-state index is 5.14. The molecule has 3 nitrogen and oxygen atoms in total. The highest BCUT2D eigenvalue weighted by molar-refractivity contribution is 4.82. The lowest BCUT2D eigenvalue weighted by atomic mass is 9.94. The van der Waals surface area contributed by atoms with Gasteiger partial charge in [-0.25, -0.2) is 0 Å². The van der Waals surface area contributed by atoms with Gasteiger partial charge in [0.15, 0.2) is 0 Å². The van der Waals surface area contributed by atoms with Gasteiger partial charge in [-0.15, -0.1) is 0 Å². The van der Waals surface area contributed by atoms with E-state index < -0.39 is 0 Å². The molecule has 1 aliphatic heterocycles. The van der Waals surface area contributed by atoms with Gasteiger partial charge in [0, 0.05) is 19.7 Å². The van der Waals surface area contributed by atoms with Gasteiger partial charge in [-0.3, -0.25) is 4.90 Å². The monoisotopic (exact) mass is 200 g/mol. The first-order valence-corrected chi connectivity index (χ1v) is 5.73. The Morgan fingerprint density at radius 3 is 2.86 bits per heavy atom. The second-order valence-electron chi connectivity index (χ2n) is 4.16. The molecular formula is C11H24N2O. The number of ether oxygens (including phenoxy) is 1. The number of hydrogen-bond acceptors (Lipinski definition) is 3. The second kappa shape index (κ2) is 6.38. The van der Waals surface area contributed by atoms with E-state index in [1.165, 1.54) is 13.0 Å². The highest BCUT2D eigenvalue weighted by Gasteiger charge is 2.25. The molecule has 0 aromatic carbocycles. The number of nitrogens with zero attached hydrogens (tertiary/aromatic N) is 1. The number of piperidine rings is 1. The molecule has 1 heterocycles. The maximum absolute atomic E-state index is 5.14. The van der Waals surface area contributed by atoms with Gasteiger partial charge in [-0.05, 0) is 32.0 Å². The van der Waals surface area contributed by atoms with E-state index in [1.54, 1.807) is 7.11 Å². The maximum Gasteiger partial charge on any atom is 0.0589 e. The standard InChI is InChI=1S/C11H24N2O/c1-4-13(7-8-14-3)11-5-6-12-9-10(11)2/h10-12H,4-9H2,1-3H3. The van der Waals surface area contributed by atoms with Gasteiger partial charge >= 0.3 is 0 Å². The third kappa shape index (κ3) is 3.23. The molecule has 0 spiro atoms.